The highest BCUT2D eigenvalue weighted by Gasteiger charge is 2.15. The Kier molecular flexibility index (Phi) is 3.71. The Morgan fingerprint density at radius 2 is 1.76 bits per heavy atom. The number of ether oxygens (including phenoxy) is 2. The molecule has 4 rings (SSSR count). The maximum absolute atomic E-state index is 10.8. The van der Waals surface area contributed by atoms with Gasteiger partial charge in [0.2, 0.25) is 0 Å². The Morgan fingerprint density at radius 3 is 2.48 bits per heavy atom. The Labute approximate surface area is 144 Å². The zero-order valence-corrected chi connectivity index (χ0v) is 13.3. The van der Waals surface area contributed by atoms with Crippen LogP contribution < -0.4 is 9.47 Å². The average molecular weight is 330 g/mol. The fourth-order valence-electron chi connectivity index (χ4n) is 2.86. The maximum atomic E-state index is 10.8. The Morgan fingerprint density at radius 1 is 1.00 bits per heavy atom. The van der Waals surface area contributed by atoms with E-state index in [1.54, 1.807) is 18.3 Å². The third-order valence-corrected chi connectivity index (χ3v) is 4.13. The molecule has 5 nitrogen and oxygen atoms in total. The van der Waals surface area contributed by atoms with Gasteiger partial charge < -0.3 is 14.0 Å². The van der Waals surface area contributed by atoms with E-state index in [1.807, 2.05) is 41.1 Å². The Hall–Kier alpha value is -3.52. The quantitative estimate of drug-likeness (QED) is 0.688. The molecule has 5 heteroatoms. The van der Waals surface area contributed by atoms with E-state index in [4.69, 9.17) is 9.47 Å². The first kappa shape index (κ1) is 15.0. The highest BCUT2D eigenvalue weighted by atomic mass is 16.6. The van der Waals surface area contributed by atoms with Crippen LogP contribution in [0.4, 0.5) is 0 Å². The van der Waals surface area contributed by atoms with E-state index in [0.717, 1.165) is 28.8 Å². The molecule has 0 spiro atoms. The largest absolute Gasteiger partial charge is 0.486 e. The first-order valence-corrected chi connectivity index (χ1v) is 7.86. The predicted molar refractivity (Wildman–Crippen MR) is 92.3 cm³/mol. The molecule has 0 saturated carbocycles. The summed E-state index contributed by atoms with van der Waals surface area (Å²) < 4.78 is 13.0. The molecule has 0 saturated heterocycles. The molecule has 122 valence electrons. The van der Waals surface area contributed by atoms with Gasteiger partial charge >= 0.3 is 0 Å². The van der Waals surface area contributed by atoms with Gasteiger partial charge in [0.05, 0.1) is 5.56 Å². The van der Waals surface area contributed by atoms with Gasteiger partial charge in [0, 0.05) is 29.2 Å². The summed E-state index contributed by atoms with van der Waals surface area (Å²) in [6.07, 6.45) is 4.49. The molecule has 1 aromatic heterocycles. The number of aromatic nitrogens is 1. The summed E-state index contributed by atoms with van der Waals surface area (Å²) in [6, 6.07) is 15.1. The van der Waals surface area contributed by atoms with Crippen LogP contribution in [0.2, 0.25) is 0 Å². The minimum atomic E-state index is 0.519. The zero-order valence-electron chi connectivity index (χ0n) is 13.3. The van der Waals surface area contributed by atoms with Crippen molar-refractivity contribution in [1.29, 1.82) is 5.26 Å². The summed E-state index contributed by atoms with van der Waals surface area (Å²) in [5, 5.41) is 9.49. The van der Waals surface area contributed by atoms with Gasteiger partial charge in [-0.25, -0.2) is 0 Å². The van der Waals surface area contributed by atoms with Gasteiger partial charge in [0.1, 0.15) is 25.6 Å². The van der Waals surface area contributed by atoms with E-state index < -0.39 is 0 Å². The smallest absolute Gasteiger partial charge is 0.161 e. The van der Waals surface area contributed by atoms with Crippen LogP contribution in [-0.2, 0) is 0 Å². The number of rotatable bonds is 3. The van der Waals surface area contributed by atoms with E-state index in [0.29, 0.717) is 30.1 Å². The fourth-order valence-corrected chi connectivity index (χ4v) is 2.86. The minimum absolute atomic E-state index is 0.519. The molecule has 0 amide bonds. The first-order chi connectivity index (χ1) is 12.3. The topological polar surface area (TPSA) is 64.2 Å². The average Bonchev–Trinajstić information content (AvgIpc) is 3.12. The molecule has 1 aliphatic rings. The Balaban J connectivity index is 1.76. The molecule has 2 heterocycles. The number of hydrogen-bond donors (Lipinski definition) is 0. The van der Waals surface area contributed by atoms with Crippen molar-refractivity contribution >= 4 is 6.29 Å². The molecule has 0 N–H and O–H groups in total. The van der Waals surface area contributed by atoms with E-state index in [1.165, 1.54) is 0 Å². The number of benzene rings is 2. The van der Waals surface area contributed by atoms with E-state index >= 15 is 0 Å². The molecule has 0 bridgehead atoms. The van der Waals surface area contributed by atoms with Crippen LogP contribution in [0, 0.1) is 11.3 Å². The van der Waals surface area contributed by atoms with Crippen LogP contribution in [0.1, 0.15) is 15.9 Å². The van der Waals surface area contributed by atoms with Gasteiger partial charge in [-0.3, -0.25) is 4.79 Å². The van der Waals surface area contributed by atoms with E-state index in [9.17, 15) is 10.1 Å². The van der Waals surface area contributed by atoms with Gasteiger partial charge in [-0.2, -0.15) is 5.26 Å². The molecule has 0 radical (unpaired) electrons. The van der Waals surface area contributed by atoms with Crippen molar-refractivity contribution in [3.63, 3.8) is 0 Å². The number of aldehydes is 1. The van der Waals surface area contributed by atoms with Crippen LogP contribution in [-0.4, -0.2) is 24.1 Å². The maximum Gasteiger partial charge on any atom is 0.161 e. The molecule has 0 unspecified atom stereocenters. The standard InChI is InChI=1S/C20H14N2O3/c21-10-16-11-22(17-4-1-14(13-23)2-5-17)12-18(16)15-3-6-19-20(9-15)25-8-7-24-19/h1-6,9,11-13H,7-8H2. The lowest BCUT2D eigenvalue weighted by molar-refractivity contribution is 0.112. The third kappa shape index (κ3) is 2.74. The first-order valence-electron chi connectivity index (χ1n) is 7.86. The van der Waals surface area contributed by atoms with Gasteiger partial charge in [0.15, 0.2) is 11.5 Å². The molecule has 0 atom stereocenters. The van der Waals surface area contributed by atoms with Gasteiger partial charge in [-0.05, 0) is 42.0 Å². The molecule has 1 aliphatic heterocycles. The summed E-state index contributed by atoms with van der Waals surface area (Å²) in [5.74, 6) is 1.41. The minimum Gasteiger partial charge on any atom is -0.486 e. The predicted octanol–water partition coefficient (Wildman–Crippen LogP) is 3.60. The Bertz CT molecular complexity index is 981. The highest BCUT2D eigenvalue weighted by molar-refractivity contribution is 5.76. The fraction of sp³-hybridized carbons (Fsp3) is 0.100. The second kappa shape index (κ2) is 6.17. The molecule has 0 aliphatic carbocycles. The number of nitrogens with zero attached hydrogens (tertiary/aromatic N) is 2. The number of hydrogen-bond acceptors (Lipinski definition) is 4. The van der Waals surface area contributed by atoms with Crippen molar-refractivity contribution < 1.29 is 14.3 Å². The third-order valence-electron chi connectivity index (χ3n) is 4.13. The monoisotopic (exact) mass is 330 g/mol. The highest BCUT2D eigenvalue weighted by Crippen LogP contribution is 2.36. The van der Waals surface area contributed by atoms with E-state index in [2.05, 4.69) is 6.07 Å². The molecule has 0 fully saturated rings. The summed E-state index contributed by atoms with van der Waals surface area (Å²) in [7, 11) is 0. The normalized spacial score (nSPS) is 12.4. The molecule has 25 heavy (non-hydrogen) atoms. The van der Waals surface area contributed by atoms with Crippen molar-refractivity contribution in [2.45, 2.75) is 0 Å². The van der Waals surface area contributed by atoms with Gasteiger partial charge in [-0.1, -0.05) is 6.07 Å². The zero-order chi connectivity index (χ0) is 17.2. The number of carbonyl (C=O) groups excluding carboxylic acids is 1. The second-order valence-corrected chi connectivity index (χ2v) is 5.67. The molecule has 3 aromatic rings. The van der Waals surface area contributed by atoms with Crippen molar-refractivity contribution in [3.05, 3.63) is 66.0 Å². The summed E-state index contributed by atoms with van der Waals surface area (Å²) in [4.78, 5) is 10.8. The SMILES string of the molecule is N#Cc1cn(-c2ccc(C=O)cc2)cc1-c1ccc2c(c1)OCCO2. The van der Waals surface area contributed by atoms with Crippen LogP contribution in [0.3, 0.4) is 0 Å². The summed E-state index contributed by atoms with van der Waals surface area (Å²) in [5.41, 5.74) is 3.77. The summed E-state index contributed by atoms with van der Waals surface area (Å²) >= 11 is 0. The van der Waals surface area contributed by atoms with Crippen molar-refractivity contribution in [3.8, 4) is 34.4 Å². The molecule has 2 aromatic carbocycles. The molecular formula is C20H14N2O3. The number of fused-ring (bicyclic) bond motifs is 1. The van der Waals surface area contributed by atoms with Crippen LogP contribution in [0.5, 0.6) is 11.5 Å². The van der Waals surface area contributed by atoms with Crippen LogP contribution in [0.15, 0.2) is 54.9 Å². The van der Waals surface area contributed by atoms with Crippen molar-refractivity contribution in [2.24, 2.45) is 0 Å². The second-order valence-electron chi connectivity index (χ2n) is 5.67. The number of carbonyl (C=O) groups is 1. The van der Waals surface area contributed by atoms with Gasteiger partial charge in [-0.15, -0.1) is 0 Å². The van der Waals surface area contributed by atoms with E-state index in [-0.39, 0.29) is 0 Å². The lowest BCUT2D eigenvalue weighted by Crippen LogP contribution is -2.15. The molecular weight excluding hydrogens is 316 g/mol. The lowest BCUT2D eigenvalue weighted by atomic mass is 10.0. The van der Waals surface area contributed by atoms with Gasteiger partial charge in [0.25, 0.3) is 0 Å². The lowest BCUT2D eigenvalue weighted by Gasteiger charge is -2.18. The van der Waals surface area contributed by atoms with Crippen LogP contribution >= 0.6 is 0 Å². The van der Waals surface area contributed by atoms with Crippen molar-refractivity contribution in [2.75, 3.05) is 13.2 Å². The number of nitriles is 1. The van der Waals surface area contributed by atoms with Crippen molar-refractivity contribution in [1.82, 2.24) is 4.57 Å². The van der Waals surface area contributed by atoms with Crippen LogP contribution in [0.25, 0.3) is 16.8 Å². The summed E-state index contributed by atoms with van der Waals surface area (Å²) in [6.45, 7) is 1.06.